The van der Waals surface area contributed by atoms with Gasteiger partial charge >= 0.3 is 0 Å². The molecule has 0 spiro atoms. The number of nitrogens with one attached hydrogen (secondary N) is 1. The minimum atomic E-state index is -0.221. The quantitative estimate of drug-likeness (QED) is 0.846. The van der Waals surface area contributed by atoms with Crippen LogP contribution in [-0.4, -0.2) is 18.8 Å². The van der Waals surface area contributed by atoms with Gasteiger partial charge in [-0.05, 0) is 52.7 Å². The standard InChI is InChI=1S/C15H18BrNO3/c1-10(11-5-6-14(19-2)12(16)8-11)17-13(9-18)15-4-3-7-20-15/h3-8,10,13,17-18H,9H2,1-2H3. The summed E-state index contributed by atoms with van der Waals surface area (Å²) < 4.78 is 11.5. The molecule has 0 fully saturated rings. The fourth-order valence-corrected chi connectivity index (χ4v) is 2.62. The van der Waals surface area contributed by atoms with Gasteiger partial charge in [0, 0.05) is 6.04 Å². The Labute approximate surface area is 126 Å². The van der Waals surface area contributed by atoms with Crippen LogP contribution in [0.2, 0.25) is 0 Å². The zero-order valence-electron chi connectivity index (χ0n) is 11.5. The first-order valence-corrected chi connectivity index (χ1v) is 7.18. The molecule has 2 unspecified atom stereocenters. The maximum Gasteiger partial charge on any atom is 0.133 e. The first-order chi connectivity index (χ1) is 9.65. The Morgan fingerprint density at radius 1 is 1.40 bits per heavy atom. The first kappa shape index (κ1) is 15.1. The van der Waals surface area contributed by atoms with Crippen molar-refractivity contribution < 1.29 is 14.3 Å². The number of rotatable bonds is 6. The highest BCUT2D eigenvalue weighted by atomic mass is 79.9. The van der Waals surface area contributed by atoms with Crippen LogP contribution in [-0.2, 0) is 0 Å². The smallest absolute Gasteiger partial charge is 0.133 e. The molecule has 0 amide bonds. The van der Waals surface area contributed by atoms with Crippen LogP contribution in [0.5, 0.6) is 5.75 Å². The average molecular weight is 340 g/mol. The Morgan fingerprint density at radius 3 is 2.75 bits per heavy atom. The van der Waals surface area contributed by atoms with Gasteiger partial charge in [0.05, 0.1) is 30.5 Å². The zero-order valence-corrected chi connectivity index (χ0v) is 13.1. The Hall–Kier alpha value is -1.30. The second-order valence-corrected chi connectivity index (χ2v) is 5.39. The molecular weight excluding hydrogens is 322 g/mol. The van der Waals surface area contributed by atoms with Gasteiger partial charge in [-0.1, -0.05) is 6.07 Å². The summed E-state index contributed by atoms with van der Waals surface area (Å²) in [5, 5.41) is 12.8. The van der Waals surface area contributed by atoms with Crippen molar-refractivity contribution in [2.24, 2.45) is 0 Å². The minimum absolute atomic E-state index is 0.0187. The molecule has 4 nitrogen and oxygen atoms in total. The van der Waals surface area contributed by atoms with Gasteiger partial charge in [0.25, 0.3) is 0 Å². The van der Waals surface area contributed by atoms with E-state index < -0.39 is 0 Å². The van der Waals surface area contributed by atoms with Crippen molar-refractivity contribution >= 4 is 15.9 Å². The molecule has 1 heterocycles. The highest BCUT2D eigenvalue weighted by molar-refractivity contribution is 9.10. The SMILES string of the molecule is COc1ccc(C(C)NC(CO)c2ccco2)cc1Br. The summed E-state index contributed by atoms with van der Waals surface area (Å²) in [7, 11) is 1.64. The van der Waals surface area contributed by atoms with Crippen LogP contribution in [0.4, 0.5) is 0 Å². The number of benzene rings is 1. The molecule has 2 aromatic rings. The lowest BCUT2D eigenvalue weighted by Gasteiger charge is -2.21. The van der Waals surface area contributed by atoms with Crippen molar-refractivity contribution in [2.45, 2.75) is 19.0 Å². The van der Waals surface area contributed by atoms with Crippen molar-refractivity contribution in [3.63, 3.8) is 0 Å². The molecule has 0 saturated heterocycles. The van der Waals surface area contributed by atoms with E-state index in [1.54, 1.807) is 13.4 Å². The molecule has 2 N–H and O–H groups in total. The van der Waals surface area contributed by atoms with Crippen molar-refractivity contribution in [3.8, 4) is 5.75 Å². The third-order valence-corrected chi connectivity index (χ3v) is 3.82. The van der Waals surface area contributed by atoms with Gasteiger partial charge in [-0.15, -0.1) is 0 Å². The van der Waals surface area contributed by atoms with Gasteiger partial charge in [-0.2, -0.15) is 0 Å². The molecule has 20 heavy (non-hydrogen) atoms. The van der Waals surface area contributed by atoms with Crippen molar-refractivity contribution in [1.82, 2.24) is 5.32 Å². The Morgan fingerprint density at radius 2 is 2.20 bits per heavy atom. The average Bonchev–Trinajstić information content (AvgIpc) is 2.98. The number of hydrogen-bond acceptors (Lipinski definition) is 4. The summed E-state index contributed by atoms with van der Waals surface area (Å²) in [6.07, 6.45) is 1.61. The van der Waals surface area contributed by atoms with E-state index in [0.29, 0.717) is 0 Å². The predicted molar refractivity (Wildman–Crippen MR) is 80.8 cm³/mol. The lowest BCUT2D eigenvalue weighted by molar-refractivity contribution is 0.217. The van der Waals surface area contributed by atoms with Gasteiger partial charge in [0.15, 0.2) is 0 Å². The maximum absolute atomic E-state index is 9.48. The number of ether oxygens (including phenoxy) is 1. The summed E-state index contributed by atoms with van der Waals surface area (Å²) in [6, 6.07) is 9.43. The molecule has 1 aromatic heterocycles. The Balaban J connectivity index is 2.11. The third-order valence-electron chi connectivity index (χ3n) is 3.20. The number of halogens is 1. The topological polar surface area (TPSA) is 54.6 Å². The van der Waals surface area contributed by atoms with Crippen LogP contribution in [0.25, 0.3) is 0 Å². The normalized spacial score (nSPS) is 14.0. The van der Waals surface area contributed by atoms with Gasteiger partial charge in [-0.25, -0.2) is 0 Å². The van der Waals surface area contributed by atoms with Crippen LogP contribution in [0.15, 0.2) is 45.5 Å². The second kappa shape index (κ2) is 6.92. The summed E-state index contributed by atoms with van der Waals surface area (Å²) in [4.78, 5) is 0. The minimum Gasteiger partial charge on any atom is -0.496 e. The number of hydrogen-bond donors (Lipinski definition) is 2. The number of aliphatic hydroxyl groups excluding tert-OH is 1. The van der Waals surface area contributed by atoms with Crippen LogP contribution in [0.1, 0.15) is 30.3 Å². The zero-order chi connectivity index (χ0) is 14.5. The van der Waals surface area contributed by atoms with Crippen molar-refractivity contribution in [1.29, 1.82) is 0 Å². The van der Waals surface area contributed by atoms with Crippen LogP contribution >= 0.6 is 15.9 Å². The molecule has 0 bridgehead atoms. The van der Waals surface area contributed by atoms with E-state index in [-0.39, 0.29) is 18.7 Å². The lowest BCUT2D eigenvalue weighted by atomic mass is 10.1. The molecule has 2 rings (SSSR count). The van der Waals surface area contributed by atoms with E-state index in [0.717, 1.165) is 21.5 Å². The lowest BCUT2D eigenvalue weighted by Crippen LogP contribution is -2.27. The largest absolute Gasteiger partial charge is 0.496 e. The number of aliphatic hydroxyl groups is 1. The first-order valence-electron chi connectivity index (χ1n) is 6.39. The van der Waals surface area contributed by atoms with E-state index in [1.165, 1.54) is 0 Å². The molecule has 0 aliphatic heterocycles. The number of furan rings is 1. The van der Waals surface area contributed by atoms with Crippen LogP contribution < -0.4 is 10.1 Å². The van der Waals surface area contributed by atoms with E-state index >= 15 is 0 Å². The predicted octanol–water partition coefficient (Wildman–Crippen LogP) is 3.43. The summed E-state index contributed by atoms with van der Waals surface area (Å²) in [6.45, 7) is 2.02. The molecule has 108 valence electrons. The van der Waals surface area contributed by atoms with E-state index in [4.69, 9.17) is 9.15 Å². The molecule has 0 saturated carbocycles. The highest BCUT2D eigenvalue weighted by Crippen LogP contribution is 2.29. The molecule has 0 aliphatic carbocycles. The fraction of sp³-hybridized carbons (Fsp3) is 0.333. The van der Waals surface area contributed by atoms with Gasteiger partial charge < -0.3 is 14.3 Å². The Kier molecular flexibility index (Phi) is 5.23. The molecule has 0 aliphatic rings. The van der Waals surface area contributed by atoms with Gasteiger partial charge in [-0.3, -0.25) is 5.32 Å². The van der Waals surface area contributed by atoms with Crippen LogP contribution in [0.3, 0.4) is 0 Å². The molecule has 1 aromatic carbocycles. The monoisotopic (exact) mass is 339 g/mol. The number of methoxy groups -OCH3 is 1. The van der Waals surface area contributed by atoms with Crippen molar-refractivity contribution in [2.75, 3.05) is 13.7 Å². The maximum atomic E-state index is 9.48. The fourth-order valence-electron chi connectivity index (χ4n) is 2.06. The Bertz CT molecular complexity index is 542. The summed E-state index contributed by atoms with van der Waals surface area (Å²) >= 11 is 3.48. The van der Waals surface area contributed by atoms with Gasteiger partial charge in [0.1, 0.15) is 11.5 Å². The second-order valence-electron chi connectivity index (χ2n) is 4.53. The van der Waals surface area contributed by atoms with Crippen molar-refractivity contribution in [3.05, 3.63) is 52.4 Å². The summed E-state index contributed by atoms with van der Waals surface area (Å²) in [5.74, 6) is 1.53. The molecule has 2 atom stereocenters. The van der Waals surface area contributed by atoms with E-state index in [2.05, 4.69) is 21.2 Å². The molecule has 0 radical (unpaired) electrons. The van der Waals surface area contributed by atoms with Crippen LogP contribution in [0, 0.1) is 0 Å². The molecule has 5 heteroatoms. The van der Waals surface area contributed by atoms with E-state index in [1.807, 2.05) is 37.3 Å². The highest BCUT2D eigenvalue weighted by Gasteiger charge is 2.17. The summed E-state index contributed by atoms with van der Waals surface area (Å²) in [5.41, 5.74) is 1.10. The third kappa shape index (κ3) is 3.42. The van der Waals surface area contributed by atoms with Gasteiger partial charge in [0.2, 0.25) is 0 Å². The van der Waals surface area contributed by atoms with E-state index in [9.17, 15) is 5.11 Å². The molecular formula is C15H18BrNO3.